The largest absolute Gasteiger partial charge is 0.382 e. The van der Waals surface area contributed by atoms with Gasteiger partial charge in [-0.25, -0.2) is 0 Å². The molecule has 2 rings (SSSR count). The van der Waals surface area contributed by atoms with Crippen molar-refractivity contribution in [3.8, 4) is 0 Å². The molecule has 0 saturated carbocycles. The highest BCUT2D eigenvalue weighted by Gasteiger charge is 2.25. The van der Waals surface area contributed by atoms with Gasteiger partial charge in [0.2, 0.25) is 0 Å². The number of rotatable bonds is 13. The number of carbonyl (C=O) groups excluding carboxylic acids is 2. The first-order valence-electron chi connectivity index (χ1n) is 11.5. The molecule has 2 aromatic rings. The van der Waals surface area contributed by atoms with Crippen LogP contribution in [-0.2, 0) is 11.2 Å². The lowest BCUT2D eigenvalue weighted by Crippen LogP contribution is -2.31. The number of aliphatic hydroxyl groups is 2. The summed E-state index contributed by atoms with van der Waals surface area (Å²) in [5, 5.41) is 23.7. The van der Waals surface area contributed by atoms with Crippen LogP contribution in [0.1, 0.15) is 86.5 Å². The van der Waals surface area contributed by atoms with E-state index in [0.29, 0.717) is 11.8 Å². The van der Waals surface area contributed by atoms with Crippen LogP contribution in [-0.4, -0.2) is 40.0 Å². The van der Waals surface area contributed by atoms with Gasteiger partial charge in [0.25, 0.3) is 0 Å². The van der Waals surface area contributed by atoms with Crippen LogP contribution in [0.15, 0.2) is 48.5 Å². The summed E-state index contributed by atoms with van der Waals surface area (Å²) in [6, 6.07) is 15.2. The topological polar surface area (TPSA) is 86.6 Å². The molecule has 0 saturated heterocycles. The maximum atomic E-state index is 12.4. The van der Waals surface area contributed by atoms with E-state index in [0.717, 1.165) is 29.7 Å². The van der Waals surface area contributed by atoms with E-state index in [2.05, 4.69) is 12.2 Å². The Labute approximate surface area is 191 Å². The molecule has 0 aliphatic carbocycles. The molecular weight excluding hydrogens is 402 g/mol. The molecule has 0 amide bonds. The third-order valence-electron chi connectivity index (χ3n) is 5.57. The van der Waals surface area contributed by atoms with E-state index in [1.165, 1.54) is 40.0 Å². The summed E-state index contributed by atoms with van der Waals surface area (Å²) >= 11 is 0. The molecule has 0 aromatic heterocycles. The van der Waals surface area contributed by atoms with Gasteiger partial charge in [0.15, 0.2) is 12.1 Å². The molecule has 0 heterocycles. The second kappa shape index (κ2) is 11.5. The van der Waals surface area contributed by atoms with Crippen molar-refractivity contribution in [3.05, 3.63) is 70.8 Å². The number of Topliss-reactive ketones (excluding diaryl/α,β-unsaturated/α-hetero) is 1. The molecule has 2 unspecified atom stereocenters. The van der Waals surface area contributed by atoms with Gasteiger partial charge in [-0.1, -0.05) is 74.7 Å². The Kier molecular flexibility index (Phi) is 9.32. The third-order valence-corrected chi connectivity index (χ3v) is 5.57. The fourth-order valence-electron chi connectivity index (χ4n) is 3.69. The molecule has 0 fully saturated rings. The predicted octanol–water partition coefficient (Wildman–Crippen LogP) is 4.39. The van der Waals surface area contributed by atoms with E-state index in [9.17, 15) is 19.8 Å². The fourth-order valence-corrected chi connectivity index (χ4v) is 3.69. The summed E-state index contributed by atoms with van der Waals surface area (Å²) in [6.45, 7) is 7.55. The lowest BCUT2D eigenvalue weighted by Gasteiger charge is -2.22. The number of unbranched alkanes of at least 4 members (excludes halogenated alkanes) is 3. The van der Waals surface area contributed by atoms with Crippen LogP contribution in [0, 0.1) is 0 Å². The van der Waals surface area contributed by atoms with Crippen LogP contribution in [0.5, 0.6) is 0 Å². The normalized spacial score (nSPS) is 14.6. The highest BCUT2D eigenvalue weighted by molar-refractivity contribution is 6.01. The van der Waals surface area contributed by atoms with Gasteiger partial charge < -0.3 is 20.3 Å². The van der Waals surface area contributed by atoms with E-state index in [4.69, 9.17) is 0 Å². The molecule has 174 valence electrons. The highest BCUT2D eigenvalue weighted by Crippen LogP contribution is 2.25. The summed E-state index contributed by atoms with van der Waals surface area (Å²) < 4.78 is 0. The Morgan fingerprint density at radius 2 is 1.50 bits per heavy atom. The molecular formula is C27H37NO4. The Morgan fingerprint density at radius 3 is 2.00 bits per heavy atom. The quantitative estimate of drug-likeness (QED) is 0.245. The maximum absolute atomic E-state index is 12.4. The minimum Gasteiger partial charge on any atom is -0.382 e. The average molecular weight is 440 g/mol. The molecule has 2 atom stereocenters. The summed E-state index contributed by atoms with van der Waals surface area (Å²) in [4.78, 5) is 23.4. The number of nitrogens with one attached hydrogen (secondary N) is 1. The third kappa shape index (κ3) is 7.66. The maximum Gasteiger partial charge on any atom is 0.193 e. The first-order chi connectivity index (χ1) is 15.1. The lowest BCUT2D eigenvalue weighted by atomic mass is 9.92. The number of carbonyl (C=O) groups is 2. The van der Waals surface area contributed by atoms with Crippen molar-refractivity contribution in [2.24, 2.45) is 0 Å². The standard InChI is InChI=1S/C27H37NO4/c1-5-6-7-8-17-28-24(21-11-9-20(10-12-21)18-27(4,32)19-29)22-13-15-23(16-14-22)25(30)26(2,3)31/h9-16,19,24,28,31-32H,5-8,17-18H2,1-4H3. The van der Waals surface area contributed by atoms with E-state index in [1.807, 2.05) is 36.4 Å². The van der Waals surface area contributed by atoms with Crippen molar-refractivity contribution < 1.29 is 19.8 Å². The van der Waals surface area contributed by atoms with Crippen LogP contribution >= 0.6 is 0 Å². The van der Waals surface area contributed by atoms with E-state index in [-0.39, 0.29) is 18.2 Å². The van der Waals surface area contributed by atoms with Crippen LogP contribution in [0.3, 0.4) is 0 Å². The number of benzene rings is 2. The molecule has 32 heavy (non-hydrogen) atoms. The first-order valence-corrected chi connectivity index (χ1v) is 11.5. The monoisotopic (exact) mass is 439 g/mol. The summed E-state index contributed by atoms with van der Waals surface area (Å²) in [7, 11) is 0. The lowest BCUT2D eigenvalue weighted by molar-refractivity contribution is -0.122. The number of hydrogen-bond acceptors (Lipinski definition) is 5. The van der Waals surface area contributed by atoms with Crippen molar-refractivity contribution in [2.45, 2.75) is 77.0 Å². The molecule has 0 aliphatic heterocycles. The first kappa shape index (κ1) is 25.9. The molecule has 0 aliphatic rings. The van der Waals surface area contributed by atoms with Gasteiger partial charge in [0.1, 0.15) is 11.2 Å². The van der Waals surface area contributed by atoms with Crippen molar-refractivity contribution >= 4 is 12.1 Å². The van der Waals surface area contributed by atoms with Gasteiger partial charge in [-0.05, 0) is 50.4 Å². The van der Waals surface area contributed by atoms with E-state index in [1.54, 1.807) is 12.1 Å². The summed E-state index contributed by atoms with van der Waals surface area (Å²) in [5.41, 5.74) is 0.684. The van der Waals surface area contributed by atoms with Gasteiger partial charge in [-0.3, -0.25) is 4.79 Å². The van der Waals surface area contributed by atoms with Crippen LogP contribution in [0.25, 0.3) is 0 Å². The molecule has 2 aromatic carbocycles. The summed E-state index contributed by atoms with van der Waals surface area (Å²) in [6.07, 6.45) is 5.49. The number of hydrogen-bond donors (Lipinski definition) is 3. The Bertz CT molecular complexity index is 864. The van der Waals surface area contributed by atoms with Crippen molar-refractivity contribution in [1.82, 2.24) is 5.32 Å². The predicted molar refractivity (Wildman–Crippen MR) is 128 cm³/mol. The molecule has 0 radical (unpaired) electrons. The second-order valence-corrected chi connectivity index (χ2v) is 9.35. The Balaban J connectivity index is 2.24. The summed E-state index contributed by atoms with van der Waals surface area (Å²) in [5.74, 6) is -0.306. The number of aldehydes is 1. The average Bonchev–Trinajstić information content (AvgIpc) is 2.76. The van der Waals surface area contributed by atoms with E-state index >= 15 is 0 Å². The molecule has 5 nitrogen and oxygen atoms in total. The van der Waals surface area contributed by atoms with Gasteiger partial charge in [0.05, 0.1) is 6.04 Å². The van der Waals surface area contributed by atoms with Crippen LogP contribution < -0.4 is 5.32 Å². The van der Waals surface area contributed by atoms with Crippen molar-refractivity contribution in [1.29, 1.82) is 0 Å². The van der Waals surface area contributed by atoms with Gasteiger partial charge in [0, 0.05) is 12.0 Å². The van der Waals surface area contributed by atoms with Gasteiger partial charge in [-0.15, -0.1) is 0 Å². The zero-order valence-corrected chi connectivity index (χ0v) is 19.7. The van der Waals surface area contributed by atoms with Crippen molar-refractivity contribution in [2.75, 3.05) is 6.54 Å². The second-order valence-electron chi connectivity index (χ2n) is 9.35. The zero-order valence-electron chi connectivity index (χ0n) is 19.7. The zero-order chi connectivity index (χ0) is 23.8. The molecule has 0 spiro atoms. The minimum absolute atomic E-state index is 0.0523. The molecule has 0 bridgehead atoms. The Hall–Kier alpha value is -2.34. The smallest absolute Gasteiger partial charge is 0.193 e. The molecule has 3 N–H and O–H groups in total. The van der Waals surface area contributed by atoms with Gasteiger partial charge in [-0.2, -0.15) is 0 Å². The molecule has 5 heteroatoms. The van der Waals surface area contributed by atoms with Crippen LogP contribution in [0.2, 0.25) is 0 Å². The highest BCUT2D eigenvalue weighted by atomic mass is 16.3. The Morgan fingerprint density at radius 1 is 0.938 bits per heavy atom. The fraction of sp³-hybridized carbons (Fsp3) is 0.481. The van der Waals surface area contributed by atoms with E-state index < -0.39 is 11.2 Å². The van der Waals surface area contributed by atoms with Crippen molar-refractivity contribution in [3.63, 3.8) is 0 Å². The minimum atomic E-state index is -1.41. The van der Waals surface area contributed by atoms with Crippen LogP contribution in [0.4, 0.5) is 0 Å². The van der Waals surface area contributed by atoms with Gasteiger partial charge >= 0.3 is 0 Å². The number of ketones is 1. The SMILES string of the molecule is CCCCCCNC(c1ccc(CC(C)(O)C=O)cc1)c1ccc(C(=O)C(C)(C)O)cc1.